The van der Waals surface area contributed by atoms with Crippen LogP contribution in [-0.2, 0) is 23.6 Å². The first kappa shape index (κ1) is 30.6. The van der Waals surface area contributed by atoms with E-state index in [2.05, 4.69) is 168 Å². The van der Waals surface area contributed by atoms with E-state index in [0.717, 1.165) is 32.3 Å². The van der Waals surface area contributed by atoms with Crippen molar-refractivity contribution in [1.82, 2.24) is 10.2 Å². The van der Waals surface area contributed by atoms with Crippen LogP contribution in [0.15, 0.2) is 182 Å². The average Bonchev–Trinajstić information content (AvgIpc) is 3.12. The van der Waals surface area contributed by atoms with Crippen molar-refractivity contribution >= 4 is 57.2 Å². The molecule has 2 nitrogen and oxygen atoms in total. The van der Waals surface area contributed by atoms with Crippen LogP contribution in [0.4, 0.5) is 0 Å². The van der Waals surface area contributed by atoms with Gasteiger partial charge in [0.05, 0.1) is 24.5 Å². The number of hydrogen-bond donors (Lipinski definition) is 2. The number of benzene rings is 6. The third kappa shape index (κ3) is 6.63. The number of nitrogens with one attached hydrogen (secondary N) is 2. The lowest BCUT2D eigenvalue weighted by Crippen LogP contribution is -2.40. The molecule has 2 atom stereocenters. The summed E-state index contributed by atoms with van der Waals surface area (Å²) in [5, 5.41) is 12.8. The molecular weight excluding hydrogens is 611 g/mol. The van der Waals surface area contributed by atoms with Crippen molar-refractivity contribution in [1.29, 1.82) is 0 Å². The Morgan fingerprint density at radius 1 is 0.318 bits per heavy atom. The van der Waals surface area contributed by atoms with E-state index in [0.29, 0.717) is 0 Å². The molecular formula is C38H34N2P2S2. The van der Waals surface area contributed by atoms with Crippen LogP contribution in [0.1, 0.15) is 23.2 Å². The second kappa shape index (κ2) is 14.1. The lowest BCUT2D eigenvalue weighted by molar-refractivity contribution is 0.509. The van der Waals surface area contributed by atoms with Crippen LogP contribution >= 0.6 is 12.4 Å². The zero-order chi connectivity index (χ0) is 30.2. The van der Waals surface area contributed by atoms with Crippen molar-refractivity contribution in [2.24, 2.45) is 0 Å². The van der Waals surface area contributed by atoms with Gasteiger partial charge in [0, 0.05) is 21.2 Å². The van der Waals surface area contributed by atoms with Crippen molar-refractivity contribution in [2.45, 2.75) is 12.1 Å². The maximum absolute atomic E-state index is 6.76. The van der Waals surface area contributed by atoms with Crippen LogP contribution in [0.5, 0.6) is 0 Å². The van der Waals surface area contributed by atoms with Crippen molar-refractivity contribution < 1.29 is 0 Å². The summed E-state index contributed by atoms with van der Waals surface area (Å²) >= 11 is 13.5. The van der Waals surface area contributed by atoms with E-state index in [1.807, 2.05) is 24.3 Å². The Bertz CT molecular complexity index is 1630. The molecule has 0 fully saturated rings. The van der Waals surface area contributed by atoms with Crippen molar-refractivity contribution in [2.75, 3.05) is 0 Å². The summed E-state index contributed by atoms with van der Waals surface area (Å²) in [4.78, 5) is 0. The molecule has 0 bridgehead atoms. The van der Waals surface area contributed by atoms with Gasteiger partial charge < -0.3 is 0 Å². The zero-order valence-electron chi connectivity index (χ0n) is 24.2. The van der Waals surface area contributed by atoms with E-state index in [9.17, 15) is 0 Å². The molecule has 0 saturated carbocycles. The Labute approximate surface area is 271 Å². The van der Waals surface area contributed by atoms with E-state index in [-0.39, 0.29) is 12.1 Å². The highest BCUT2D eigenvalue weighted by Gasteiger charge is 2.36. The molecule has 0 radical (unpaired) electrons. The molecule has 218 valence electrons. The summed E-state index contributed by atoms with van der Waals surface area (Å²) in [5.41, 5.74) is 2.30. The average molecular weight is 645 g/mol. The lowest BCUT2D eigenvalue weighted by Gasteiger charge is -2.39. The maximum Gasteiger partial charge on any atom is 0.0689 e. The fraction of sp³-hybridized carbons (Fsp3) is 0.0526. The molecule has 44 heavy (non-hydrogen) atoms. The van der Waals surface area contributed by atoms with E-state index in [1.54, 1.807) is 0 Å². The van der Waals surface area contributed by atoms with Crippen LogP contribution in [0.25, 0.3) is 0 Å². The molecule has 0 aliphatic heterocycles. The minimum atomic E-state index is -2.51. The van der Waals surface area contributed by atoms with Crippen LogP contribution < -0.4 is 31.4 Å². The van der Waals surface area contributed by atoms with E-state index in [1.165, 1.54) is 0 Å². The Kier molecular flexibility index (Phi) is 9.79. The van der Waals surface area contributed by atoms with Gasteiger partial charge in [0.2, 0.25) is 0 Å². The fourth-order valence-electron chi connectivity index (χ4n) is 5.54. The van der Waals surface area contributed by atoms with Crippen molar-refractivity contribution in [3.05, 3.63) is 193 Å². The largest absolute Gasteiger partial charge is 0.273 e. The predicted octanol–water partition coefficient (Wildman–Crippen LogP) is 7.74. The van der Waals surface area contributed by atoms with Gasteiger partial charge in [-0.2, -0.15) is 0 Å². The Morgan fingerprint density at radius 3 is 0.750 bits per heavy atom. The van der Waals surface area contributed by atoms with Gasteiger partial charge in [-0.05, 0) is 11.1 Å². The van der Waals surface area contributed by atoms with Gasteiger partial charge in [-0.3, -0.25) is 10.2 Å². The summed E-state index contributed by atoms with van der Waals surface area (Å²) in [6.45, 7) is 0. The first-order chi connectivity index (χ1) is 21.6. The van der Waals surface area contributed by atoms with E-state index in [4.69, 9.17) is 23.6 Å². The van der Waals surface area contributed by atoms with Crippen LogP contribution in [0, 0.1) is 0 Å². The summed E-state index contributed by atoms with van der Waals surface area (Å²) in [6.07, 6.45) is -5.02. The molecule has 0 saturated heterocycles. The predicted molar refractivity (Wildman–Crippen MR) is 198 cm³/mol. The molecule has 6 aromatic carbocycles. The second-order valence-corrected chi connectivity index (χ2v) is 18.9. The fourth-order valence-corrected chi connectivity index (χ4v) is 12.6. The Hall–Kier alpha value is -3.46. The van der Waals surface area contributed by atoms with Gasteiger partial charge in [-0.15, -0.1) is 0 Å². The maximum atomic E-state index is 6.76. The summed E-state index contributed by atoms with van der Waals surface area (Å²) in [5.74, 6) is 0. The first-order valence-corrected chi connectivity index (χ1v) is 20.3. The van der Waals surface area contributed by atoms with Crippen LogP contribution in [0.2, 0.25) is 0 Å². The topological polar surface area (TPSA) is 24.1 Å². The molecule has 6 heteroatoms. The highest BCUT2D eigenvalue weighted by Crippen LogP contribution is 2.49. The van der Waals surface area contributed by atoms with Gasteiger partial charge in [-0.1, -0.05) is 206 Å². The van der Waals surface area contributed by atoms with Gasteiger partial charge in [0.25, 0.3) is 0 Å². The second-order valence-electron chi connectivity index (χ2n) is 10.6. The number of rotatable bonds is 11. The molecule has 0 aliphatic carbocycles. The standard InChI is InChI=1S/C38H34N2P2S2/c43-41(33-23-11-3-12-24-33,34-25-13-4-14-26-34)39-37(31-19-7-1-8-20-31)38(32-21-9-2-10-22-32)40-42(44,35-27-15-5-16-28-35)36-29-17-6-18-30-36/h1-30,37-38H,(H,39,43)(H,40,44)/t37-,38?/m1/s1. The lowest BCUT2D eigenvalue weighted by atomic mass is 9.95. The molecule has 6 aromatic rings. The van der Waals surface area contributed by atoms with Gasteiger partial charge in [0.1, 0.15) is 0 Å². The summed E-state index contributed by atoms with van der Waals surface area (Å²) in [7, 11) is 0. The minimum absolute atomic E-state index is 0.195. The highest BCUT2D eigenvalue weighted by molar-refractivity contribution is 8.21. The summed E-state index contributed by atoms with van der Waals surface area (Å²) < 4.78 is 0. The molecule has 1 unspecified atom stereocenters. The monoisotopic (exact) mass is 644 g/mol. The third-order valence-electron chi connectivity index (χ3n) is 7.77. The molecule has 0 heterocycles. The molecule has 0 amide bonds. The number of hydrogen-bond acceptors (Lipinski definition) is 2. The van der Waals surface area contributed by atoms with Gasteiger partial charge in [0.15, 0.2) is 0 Å². The van der Waals surface area contributed by atoms with Crippen LogP contribution in [0.3, 0.4) is 0 Å². The van der Waals surface area contributed by atoms with Gasteiger partial charge >= 0.3 is 0 Å². The smallest absolute Gasteiger partial charge is 0.0689 e. The third-order valence-corrected chi connectivity index (χ3v) is 16.3. The molecule has 6 rings (SSSR count). The van der Waals surface area contributed by atoms with Crippen molar-refractivity contribution in [3.8, 4) is 0 Å². The molecule has 0 aromatic heterocycles. The Morgan fingerprint density at radius 2 is 0.523 bits per heavy atom. The zero-order valence-corrected chi connectivity index (χ0v) is 27.6. The van der Waals surface area contributed by atoms with Crippen molar-refractivity contribution in [3.63, 3.8) is 0 Å². The van der Waals surface area contributed by atoms with Crippen LogP contribution in [-0.4, -0.2) is 0 Å². The SMILES string of the molecule is S=P(NC(c1ccccc1)[C@H](NP(=S)(c1ccccc1)c1ccccc1)c1ccccc1)(c1ccccc1)c1ccccc1. The summed E-state index contributed by atoms with van der Waals surface area (Å²) in [6, 6.07) is 63.0. The molecule has 0 spiro atoms. The van der Waals surface area contributed by atoms with E-state index >= 15 is 0 Å². The Balaban J connectivity index is 1.56. The van der Waals surface area contributed by atoms with E-state index < -0.39 is 12.4 Å². The highest BCUT2D eigenvalue weighted by atomic mass is 32.4. The first-order valence-electron chi connectivity index (χ1n) is 14.7. The molecule has 0 aliphatic rings. The molecule has 2 N–H and O–H groups in total. The van der Waals surface area contributed by atoms with Gasteiger partial charge in [-0.25, -0.2) is 0 Å². The minimum Gasteiger partial charge on any atom is -0.273 e. The normalized spacial score (nSPS) is 13.2. The quantitative estimate of drug-likeness (QED) is 0.141.